The fraction of sp³-hybridized carbons (Fsp3) is 0.444. The van der Waals surface area contributed by atoms with E-state index in [0.29, 0.717) is 12.6 Å². The molecule has 1 fully saturated rings. The first-order valence-electron chi connectivity index (χ1n) is 8.20. The maximum absolute atomic E-state index is 12.0. The first kappa shape index (κ1) is 15.6. The lowest BCUT2D eigenvalue weighted by Gasteiger charge is -2.29. The Morgan fingerprint density at radius 1 is 1.35 bits per heavy atom. The number of carbonyl (C=O) groups excluding carboxylic acids is 1. The van der Waals surface area contributed by atoms with Crippen LogP contribution >= 0.6 is 0 Å². The average molecular weight is 314 g/mol. The number of hydrogen-bond acceptors (Lipinski definition) is 5. The van der Waals surface area contributed by atoms with Gasteiger partial charge in [0.05, 0.1) is 5.92 Å². The van der Waals surface area contributed by atoms with E-state index in [0.717, 1.165) is 43.5 Å². The molecule has 1 aromatic carbocycles. The van der Waals surface area contributed by atoms with Gasteiger partial charge >= 0.3 is 5.97 Å². The summed E-state index contributed by atoms with van der Waals surface area (Å²) in [6, 6.07) is 8.38. The smallest absolute Gasteiger partial charge is 0.309 e. The molecule has 0 aliphatic carbocycles. The number of aromatic nitrogens is 1. The molecule has 1 aliphatic rings. The summed E-state index contributed by atoms with van der Waals surface area (Å²) in [6.45, 7) is 3.95. The quantitative estimate of drug-likeness (QED) is 0.624. The van der Waals surface area contributed by atoms with Crippen LogP contribution in [-0.4, -0.2) is 30.6 Å². The number of esters is 1. The topological polar surface area (TPSA) is 55.6 Å². The number of para-hydroxylation sites is 2. The zero-order valence-electron chi connectivity index (χ0n) is 13.4. The predicted octanol–water partition coefficient (Wildman–Crippen LogP) is 3.55. The van der Waals surface area contributed by atoms with Gasteiger partial charge in [-0.15, -0.1) is 0 Å². The normalized spacial score (nSPS) is 16.3. The van der Waals surface area contributed by atoms with Gasteiger partial charge in [0.15, 0.2) is 5.58 Å². The van der Waals surface area contributed by atoms with Crippen molar-refractivity contribution in [3.05, 3.63) is 36.4 Å². The minimum absolute atomic E-state index is 0.0225. The molecule has 0 unspecified atom stereocenters. The number of nitrogens with zero attached hydrogens (tertiary/aromatic N) is 2. The van der Waals surface area contributed by atoms with Crippen LogP contribution in [0.2, 0.25) is 0 Å². The number of carbonyl (C=O) groups is 1. The van der Waals surface area contributed by atoms with Gasteiger partial charge < -0.3 is 14.1 Å². The van der Waals surface area contributed by atoms with E-state index in [1.807, 2.05) is 36.4 Å². The van der Waals surface area contributed by atoms with Crippen molar-refractivity contribution in [1.82, 2.24) is 4.98 Å². The number of piperidine rings is 1. The van der Waals surface area contributed by atoms with Gasteiger partial charge in [-0.05, 0) is 31.4 Å². The van der Waals surface area contributed by atoms with E-state index >= 15 is 0 Å². The Hall–Kier alpha value is -2.30. The van der Waals surface area contributed by atoms with Gasteiger partial charge in [-0.2, -0.15) is 4.98 Å². The Morgan fingerprint density at radius 2 is 2.13 bits per heavy atom. The lowest BCUT2D eigenvalue weighted by molar-refractivity contribution is -0.147. The van der Waals surface area contributed by atoms with Crippen LogP contribution in [0.4, 0.5) is 6.01 Å². The molecule has 3 rings (SSSR count). The standard InChI is InChI=1S/C18H22N2O3/c1-2-3-6-13-22-17(21)14-9-11-20(12-10-14)18-19-15-7-4-5-8-16(15)23-18/h3-8,14H,2,9-13H2,1H3/b6-3+. The molecule has 0 amide bonds. The van der Waals surface area contributed by atoms with E-state index in [1.54, 1.807) is 0 Å². The molecule has 0 radical (unpaired) electrons. The molecule has 0 N–H and O–H groups in total. The molecule has 2 heterocycles. The van der Waals surface area contributed by atoms with Gasteiger partial charge in [0.1, 0.15) is 12.1 Å². The Kier molecular flexibility index (Phi) is 4.95. The Morgan fingerprint density at radius 3 is 2.87 bits per heavy atom. The summed E-state index contributed by atoms with van der Waals surface area (Å²) in [4.78, 5) is 18.6. The van der Waals surface area contributed by atoms with Crippen molar-refractivity contribution in [2.75, 3.05) is 24.6 Å². The van der Waals surface area contributed by atoms with Gasteiger partial charge in [0.2, 0.25) is 0 Å². The summed E-state index contributed by atoms with van der Waals surface area (Å²) in [7, 11) is 0. The van der Waals surface area contributed by atoms with Gasteiger partial charge in [-0.25, -0.2) is 0 Å². The highest BCUT2D eigenvalue weighted by Gasteiger charge is 2.28. The lowest BCUT2D eigenvalue weighted by Crippen LogP contribution is -2.37. The van der Waals surface area contributed by atoms with E-state index in [2.05, 4.69) is 16.8 Å². The van der Waals surface area contributed by atoms with Crippen LogP contribution in [-0.2, 0) is 9.53 Å². The molecular weight excluding hydrogens is 292 g/mol. The summed E-state index contributed by atoms with van der Waals surface area (Å²) in [5, 5.41) is 0. The average Bonchev–Trinajstić information content (AvgIpc) is 3.03. The van der Waals surface area contributed by atoms with Gasteiger partial charge in [-0.3, -0.25) is 4.79 Å². The number of oxazole rings is 1. The largest absolute Gasteiger partial charge is 0.461 e. The summed E-state index contributed by atoms with van der Waals surface area (Å²) in [5.41, 5.74) is 1.67. The molecule has 0 spiro atoms. The molecule has 1 aromatic heterocycles. The van der Waals surface area contributed by atoms with Crippen LogP contribution < -0.4 is 4.90 Å². The van der Waals surface area contributed by atoms with Gasteiger partial charge in [0.25, 0.3) is 6.01 Å². The van der Waals surface area contributed by atoms with E-state index in [-0.39, 0.29) is 11.9 Å². The Bertz CT molecular complexity index is 651. The molecule has 5 nitrogen and oxygen atoms in total. The monoisotopic (exact) mass is 314 g/mol. The van der Waals surface area contributed by atoms with Crippen molar-refractivity contribution in [3.63, 3.8) is 0 Å². The molecule has 0 saturated carbocycles. The highest BCUT2D eigenvalue weighted by molar-refractivity contribution is 5.75. The molecule has 1 aliphatic heterocycles. The highest BCUT2D eigenvalue weighted by Crippen LogP contribution is 2.26. The Balaban J connectivity index is 1.53. The second-order valence-electron chi connectivity index (χ2n) is 5.74. The Labute approximate surface area is 135 Å². The molecule has 23 heavy (non-hydrogen) atoms. The van der Waals surface area contributed by atoms with E-state index in [1.165, 1.54) is 0 Å². The van der Waals surface area contributed by atoms with Crippen molar-refractivity contribution < 1.29 is 13.9 Å². The number of fused-ring (bicyclic) bond motifs is 1. The van der Waals surface area contributed by atoms with Crippen LogP contribution in [0.3, 0.4) is 0 Å². The molecule has 1 saturated heterocycles. The molecule has 2 aromatic rings. The van der Waals surface area contributed by atoms with Crippen LogP contribution in [0.1, 0.15) is 26.2 Å². The fourth-order valence-corrected chi connectivity index (χ4v) is 2.78. The van der Waals surface area contributed by atoms with E-state index in [9.17, 15) is 4.79 Å². The van der Waals surface area contributed by atoms with Crippen molar-refractivity contribution in [2.45, 2.75) is 26.2 Å². The third kappa shape index (κ3) is 3.73. The molecule has 5 heteroatoms. The van der Waals surface area contributed by atoms with Gasteiger partial charge in [0, 0.05) is 13.1 Å². The number of anilines is 1. The third-order valence-electron chi connectivity index (χ3n) is 4.11. The maximum Gasteiger partial charge on any atom is 0.309 e. The number of rotatable bonds is 5. The van der Waals surface area contributed by atoms with Crippen molar-refractivity contribution in [1.29, 1.82) is 0 Å². The summed E-state index contributed by atoms with van der Waals surface area (Å²) >= 11 is 0. The first-order valence-corrected chi connectivity index (χ1v) is 8.20. The van der Waals surface area contributed by atoms with Crippen LogP contribution in [0, 0.1) is 5.92 Å². The highest BCUT2D eigenvalue weighted by atomic mass is 16.5. The zero-order chi connectivity index (χ0) is 16.1. The van der Waals surface area contributed by atoms with E-state index in [4.69, 9.17) is 9.15 Å². The number of ether oxygens (including phenoxy) is 1. The summed E-state index contributed by atoms with van der Waals surface area (Å²) in [5.74, 6) is -0.117. The molecular formula is C18H22N2O3. The van der Waals surface area contributed by atoms with Gasteiger partial charge in [-0.1, -0.05) is 31.2 Å². The summed E-state index contributed by atoms with van der Waals surface area (Å²) in [6.07, 6.45) is 6.40. The van der Waals surface area contributed by atoms with Crippen molar-refractivity contribution >= 4 is 23.1 Å². The van der Waals surface area contributed by atoms with Crippen molar-refractivity contribution in [2.24, 2.45) is 5.92 Å². The lowest BCUT2D eigenvalue weighted by atomic mass is 9.97. The molecule has 122 valence electrons. The van der Waals surface area contributed by atoms with Crippen LogP contribution in [0.15, 0.2) is 40.8 Å². The third-order valence-corrected chi connectivity index (χ3v) is 4.11. The zero-order valence-corrected chi connectivity index (χ0v) is 13.4. The minimum Gasteiger partial charge on any atom is -0.461 e. The SMILES string of the molecule is CC/C=C/COC(=O)C1CCN(c2nc3ccccc3o2)CC1. The van der Waals surface area contributed by atoms with Crippen LogP contribution in [0.5, 0.6) is 0 Å². The summed E-state index contributed by atoms with van der Waals surface area (Å²) < 4.78 is 11.1. The second kappa shape index (κ2) is 7.31. The second-order valence-corrected chi connectivity index (χ2v) is 5.74. The van der Waals surface area contributed by atoms with E-state index < -0.39 is 0 Å². The van der Waals surface area contributed by atoms with Crippen LogP contribution in [0.25, 0.3) is 11.1 Å². The van der Waals surface area contributed by atoms with Crippen molar-refractivity contribution in [3.8, 4) is 0 Å². The first-order chi connectivity index (χ1) is 11.3. The number of benzene rings is 1. The fourth-order valence-electron chi connectivity index (χ4n) is 2.78. The molecule has 0 atom stereocenters. The minimum atomic E-state index is -0.0945. The maximum atomic E-state index is 12.0. The number of hydrogen-bond donors (Lipinski definition) is 0. The molecule has 0 bridgehead atoms. The number of allylic oxidation sites excluding steroid dienone is 1. The predicted molar refractivity (Wildman–Crippen MR) is 89.3 cm³/mol.